The lowest BCUT2D eigenvalue weighted by molar-refractivity contribution is 0.0700. The van der Waals surface area contributed by atoms with Gasteiger partial charge in [0.1, 0.15) is 11.3 Å². The number of benzene rings is 2. The van der Waals surface area contributed by atoms with Crippen LogP contribution in [-0.4, -0.2) is 31.3 Å². The summed E-state index contributed by atoms with van der Waals surface area (Å²) in [5.74, 6) is -0.529. The molecule has 0 fully saturated rings. The largest absolute Gasteiger partial charge is 0.496 e. The molecule has 3 aromatic rings. The molecule has 0 N–H and O–H groups in total. The molecular weight excluding hydrogens is 416 g/mol. The maximum Gasteiger partial charge on any atom is 0.348 e. The number of hydrogen-bond donors (Lipinski definition) is 0. The van der Waals surface area contributed by atoms with Crippen molar-refractivity contribution < 1.29 is 22.7 Å². The number of carbonyl (C=O) groups excluding carboxylic acids is 1. The fourth-order valence-corrected chi connectivity index (χ4v) is 4.65. The van der Waals surface area contributed by atoms with Crippen LogP contribution in [0.1, 0.15) is 42.4 Å². The number of ether oxygens (including phenoxy) is 2. The first kappa shape index (κ1) is 22.6. The van der Waals surface area contributed by atoms with Gasteiger partial charge in [-0.15, -0.1) is 0 Å². The van der Waals surface area contributed by atoms with Crippen LogP contribution < -0.4 is 9.47 Å². The molecule has 164 valence electrons. The summed E-state index contributed by atoms with van der Waals surface area (Å²) in [7, 11) is -2.54. The molecule has 1 heterocycles. The first-order valence-corrected chi connectivity index (χ1v) is 11.2. The van der Waals surface area contributed by atoms with Crippen molar-refractivity contribution >= 4 is 15.8 Å². The average Bonchev–Trinajstić information content (AvgIpc) is 3.05. The summed E-state index contributed by atoms with van der Waals surface area (Å²) in [5.41, 5.74) is 0.729. The lowest BCUT2D eigenvalue weighted by Crippen LogP contribution is -2.26. The second-order valence-electron chi connectivity index (χ2n) is 8.21. The fraction of sp³-hybridized carbons (Fsp3) is 0.304. The Bertz CT molecular complexity index is 1220. The average molecular weight is 443 g/mol. The lowest BCUT2D eigenvalue weighted by atomic mass is 10.1. The van der Waals surface area contributed by atoms with Gasteiger partial charge >= 0.3 is 5.97 Å². The molecule has 1 aromatic heterocycles. The molecule has 0 amide bonds. The molecule has 2 aromatic carbocycles. The van der Waals surface area contributed by atoms with E-state index in [1.165, 1.54) is 23.9 Å². The topological polar surface area (TPSA) is 87.5 Å². The van der Waals surface area contributed by atoms with Crippen molar-refractivity contribution in [3.63, 3.8) is 0 Å². The number of sulfone groups is 1. The summed E-state index contributed by atoms with van der Waals surface area (Å²) < 4.78 is 39.4. The Labute approximate surface area is 182 Å². The number of nitrogens with zero attached hydrogens (tertiary/aromatic N) is 2. The van der Waals surface area contributed by atoms with Crippen LogP contribution in [0.3, 0.4) is 0 Å². The molecule has 0 atom stereocenters. The number of methoxy groups -OCH3 is 1. The fourth-order valence-electron chi connectivity index (χ4n) is 3.14. The predicted octanol–water partition coefficient (Wildman–Crippen LogP) is 4.32. The van der Waals surface area contributed by atoms with Gasteiger partial charge in [0.05, 0.1) is 23.2 Å². The Morgan fingerprint density at radius 2 is 1.61 bits per heavy atom. The molecule has 7 nitrogen and oxygen atoms in total. The van der Waals surface area contributed by atoms with E-state index in [1.807, 2.05) is 27.7 Å². The molecule has 8 heteroatoms. The second-order valence-corrected chi connectivity index (χ2v) is 10.1. The summed E-state index contributed by atoms with van der Waals surface area (Å²) >= 11 is 0. The van der Waals surface area contributed by atoms with Crippen molar-refractivity contribution in [3.05, 3.63) is 65.4 Å². The summed E-state index contributed by atoms with van der Waals surface area (Å²) in [5, 5.41) is 4.41. The molecule has 0 aliphatic carbocycles. The molecular formula is C23H26N2O5S. The molecule has 31 heavy (non-hydrogen) atoms. The van der Waals surface area contributed by atoms with E-state index in [2.05, 4.69) is 5.10 Å². The van der Waals surface area contributed by atoms with Crippen LogP contribution in [0.25, 0.3) is 0 Å². The van der Waals surface area contributed by atoms with Gasteiger partial charge in [-0.05, 0) is 58.9 Å². The minimum atomic E-state index is -3.99. The summed E-state index contributed by atoms with van der Waals surface area (Å²) in [6, 6.07) is 13.1. The highest BCUT2D eigenvalue weighted by Gasteiger charge is 2.35. The minimum Gasteiger partial charge on any atom is -0.496 e. The van der Waals surface area contributed by atoms with Crippen molar-refractivity contribution in [1.29, 1.82) is 0 Å². The number of esters is 1. The van der Waals surface area contributed by atoms with Crippen LogP contribution in [0.15, 0.2) is 58.3 Å². The van der Waals surface area contributed by atoms with Gasteiger partial charge in [0.15, 0.2) is 4.90 Å². The van der Waals surface area contributed by atoms with Gasteiger partial charge in [-0.2, -0.15) is 5.10 Å². The van der Waals surface area contributed by atoms with E-state index in [0.717, 1.165) is 5.56 Å². The number of aryl methyl sites for hydroxylation is 2. The van der Waals surface area contributed by atoms with Crippen LogP contribution in [0.4, 0.5) is 0 Å². The molecule has 0 aliphatic heterocycles. The maximum absolute atomic E-state index is 13.5. The molecule has 3 rings (SSSR count). The van der Waals surface area contributed by atoms with Crippen molar-refractivity contribution in [1.82, 2.24) is 9.78 Å². The summed E-state index contributed by atoms with van der Waals surface area (Å²) in [4.78, 5) is 13.0. The third kappa shape index (κ3) is 4.34. The Morgan fingerprint density at radius 3 is 2.19 bits per heavy atom. The standard InChI is InChI=1S/C23H26N2O5S/c1-15-11-13-17(14-12-15)31(27,28)20-16(2)24-25(23(3,4)5)21(20)30-22(26)18-9-7-8-10-19(18)29-6/h7-14H,1-6H3. The van der Waals surface area contributed by atoms with Crippen LogP contribution in [0.5, 0.6) is 11.6 Å². The molecule has 0 saturated heterocycles. The summed E-state index contributed by atoms with van der Waals surface area (Å²) in [6.45, 7) is 9.01. The molecule has 0 radical (unpaired) electrons. The highest BCUT2D eigenvalue weighted by molar-refractivity contribution is 7.91. The Kier molecular flexibility index (Phi) is 5.96. The zero-order valence-corrected chi connectivity index (χ0v) is 19.3. The highest BCUT2D eigenvalue weighted by Crippen LogP contribution is 2.36. The van der Waals surface area contributed by atoms with Crippen molar-refractivity contribution in [2.24, 2.45) is 0 Å². The Hall–Kier alpha value is -3.13. The molecule has 0 spiro atoms. The predicted molar refractivity (Wildman–Crippen MR) is 117 cm³/mol. The van der Waals surface area contributed by atoms with Crippen LogP contribution in [0.2, 0.25) is 0 Å². The van der Waals surface area contributed by atoms with E-state index >= 15 is 0 Å². The number of aromatic nitrogens is 2. The quantitative estimate of drug-likeness (QED) is 0.547. The van der Waals surface area contributed by atoms with E-state index < -0.39 is 21.3 Å². The highest BCUT2D eigenvalue weighted by atomic mass is 32.2. The van der Waals surface area contributed by atoms with Gasteiger partial charge in [-0.3, -0.25) is 0 Å². The van der Waals surface area contributed by atoms with Crippen molar-refractivity contribution in [2.45, 2.75) is 49.9 Å². The Balaban J connectivity index is 2.19. The third-order valence-corrected chi connectivity index (χ3v) is 6.62. The number of carbonyl (C=O) groups is 1. The number of rotatable bonds is 5. The van der Waals surface area contributed by atoms with E-state index in [-0.39, 0.29) is 26.9 Å². The van der Waals surface area contributed by atoms with E-state index in [9.17, 15) is 13.2 Å². The smallest absolute Gasteiger partial charge is 0.348 e. The number of hydrogen-bond acceptors (Lipinski definition) is 6. The van der Waals surface area contributed by atoms with Crippen LogP contribution >= 0.6 is 0 Å². The molecule has 0 unspecified atom stereocenters. The van der Waals surface area contributed by atoms with Gasteiger partial charge in [-0.1, -0.05) is 29.8 Å². The zero-order valence-electron chi connectivity index (χ0n) is 18.5. The first-order chi connectivity index (χ1) is 14.5. The van der Waals surface area contributed by atoms with Gasteiger partial charge in [0.2, 0.25) is 15.7 Å². The second kappa shape index (κ2) is 8.19. The molecule has 0 bridgehead atoms. The minimum absolute atomic E-state index is 0.101. The Morgan fingerprint density at radius 1 is 1.00 bits per heavy atom. The van der Waals surface area contributed by atoms with Crippen LogP contribution in [-0.2, 0) is 15.4 Å². The normalized spacial score (nSPS) is 11.9. The van der Waals surface area contributed by atoms with Crippen molar-refractivity contribution in [3.8, 4) is 11.6 Å². The zero-order chi connectivity index (χ0) is 23.0. The lowest BCUT2D eigenvalue weighted by Gasteiger charge is -2.22. The van der Waals surface area contributed by atoms with Gasteiger partial charge < -0.3 is 9.47 Å². The monoisotopic (exact) mass is 442 g/mol. The van der Waals surface area contributed by atoms with E-state index in [0.29, 0.717) is 5.75 Å². The molecule has 0 aliphatic rings. The third-order valence-electron chi connectivity index (χ3n) is 4.72. The summed E-state index contributed by atoms with van der Waals surface area (Å²) in [6.07, 6.45) is 0. The maximum atomic E-state index is 13.5. The van der Waals surface area contributed by atoms with Gasteiger partial charge in [0, 0.05) is 0 Å². The van der Waals surface area contributed by atoms with E-state index in [4.69, 9.17) is 9.47 Å². The first-order valence-electron chi connectivity index (χ1n) is 9.74. The molecule has 0 saturated carbocycles. The van der Waals surface area contributed by atoms with Crippen LogP contribution in [0, 0.1) is 13.8 Å². The number of para-hydroxylation sites is 1. The van der Waals surface area contributed by atoms with E-state index in [1.54, 1.807) is 43.3 Å². The van der Waals surface area contributed by atoms with Gasteiger partial charge in [0.25, 0.3) is 0 Å². The SMILES string of the molecule is COc1ccccc1C(=O)Oc1c(S(=O)(=O)c2ccc(C)cc2)c(C)nn1C(C)(C)C. The van der Waals surface area contributed by atoms with Gasteiger partial charge in [-0.25, -0.2) is 17.9 Å². The van der Waals surface area contributed by atoms with Crippen molar-refractivity contribution in [2.75, 3.05) is 7.11 Å².